The van der Waals surface area contributed by atoms with Gasteiger partial charge >= 0.3 is 0 Å². The molecule has 0 atom stereocenters. The van der Waals surface area contributed by atoms with Crippen molar-refractivity contribution in [2.24, 2.45) is 0 Å². The Labute approximate surface area is 307 Å². The number of thiophene rings is 1. The smallest absolute Gasteiger partial charge is 0.0437 e. The lowest BCUT2D eigenvalue weighted by molar-refractivity contribution is 0.663. The van der Waals surface area contributed by atoms with Gasteiger partial charge in [-0.2, -0.15) is 0 Å². The van der Waals surface area contributed by atoms with E-state index in [1.165, 1.54) is 108 Å². The standard InChI is InChI=1S/C51H34S/c1-51(2)44-29-35-17-7-6-16-34(35)28-43(44)48-49(51)41(30-42-36-18-12-13-23-45(36)52-50(42)48)31-24-26-33(27-25-31)47-39-21-10-8-19-37(39)46(32-14-4-3-5-15-32)38-20-9-11-22-40(38)47/h3-30H,1-2H3. The van der Waals surface area contributed by atoms with Crippen LogP contribution in [0.3, 0.4) is 0 Å². The minimum absolute atomic E-state index is 0.160. The Morgan fingerprint density at radius 3 is 1.52 bits per heavy atom. The SMILES string of the molecule is CC1(C)c2cc3ccccc3cc2-c2c1c(-c1ccc(-c3c4ccccc4c(-c4ccccc4)c4ccccc34)cc1)cc1c2sc2ccccc21. The van der Waals surface area contributed by atoms with Crippen molar-refractivity contribution in [3.05, 3.63) is 181 Å². The summed E-state index contributed by atoms with van der Waals surface area (Å²) >= 11 is 1.94. The van der Waals surface area contributed by atoms with E-state index in [1.54, 1.807) is 0 Å². The van der Waals surface area contributed by atoms with Crippen molar-refractivity contribution < 1.29 is 0 Å². The van der Waals surface area contributed by atoms with Gasteiger partial charge in [-0.1, -0.05) is 159 Å². The third kappa shape index (κ3) is 4.15. The number of benzene rings is 9. The van der Waals surface area contributed by atoms with E-state index in [2.05, 4.69) is 184 Å². The van der Waals surface area contributed by atoms with E-state index in [9.17, 15) is 0 Å². The van der Waals surface area contributed by atoms with Gasteiger partial charge in [0.1, 0.15) is 0 Å². The van der Waals surface area contributed by atoms with Crippen molar-refractivity contribution in [1.29, 1.82) is 0 Å². The van der Waals surface area contributed by atoms with Crippen LogP contribution < -0.4 is 0 Å². The van der Waals surface area contributed by atoms with Gasteiger partial charge in [-0.15, -0.1) is 11.3 Å². The van der Waals surface area contributed by atoms with Crippen LogP contribution in [-0.4, -0.2) is 0 Å². The molecule has 0 bridgehead atoms. The van der Waals surface area contributed by atoms with Crippen molar-refractivity contribution in [1.82, 2.24) is 0 Å². The summed E-state index contributed by atoms with van der Waals surface area (Å²) in [6.45, 7) is 4.85. The highest BCUT2D eigenvalue weighted by molar-refractivity contribution is 7.26. The van der Waals surface area contributed by atoms with Crippen LogP contribution in [0.1, 0.15) is 25.0 Å². The molecular formula is C51H34S. The Balaban J connectivity index is 1.16. The van der Waals surface area contributed by atoms with Gasteiger partial charge in [0.05, 0.1) is 0 Å². The third-order valence-electron chi connectivity index (χ3n) is 11.6. The molecule has 9 aromatic carbocycles. The normalized spacial score (nSPS) is 13.3. The molecule has 1 aliphatic rings. The molecule has 52 heavy (non-hydrogen) atoms. The fourth-order valence-corrected chi connectivity index (χ4v) is 10.5. The van der Waals surface area contributed by atoms with Gasteiger partial charge in [-0.25, -0.2) is 0 Å². The van der Waals surface area contributed by atoms with Gasteiger partial charge in [0.15, 0.2) is 0 Å². The van der Waals surface area contributed by atoms with Crippen LogP contribution in [0.15, 0.2) is 170 Å². The van der Waals surface area contributed by atoms with Gasteiger partial charge in [0.25, 0.3) is 0 Å². The Morgan fingerprint density at radius 2 is 0.885 bits per heavy atom. The predicted octanol–water partition coefficient (Wildman–Crippen LogP) is 14.8. The van der Waals surface area contributed by atoms with E-state index in [-0.39, 0.29) is 5.41 Å². The fraction of sp³-hybridized carbons (Fsp3) is 0.0588. The molecule has 0 amide bonds. The molecule has 11 rings (SSSR count). The maximum atomic E-state index is 2.49. The van der Waals surface area contributed by atoms with Gasteiger partial charge in [0, 0.05) is 31.2 Å². The van der Waals surface area contributed by atoms with Crippen molar-refractivity contribution in [3.8, 4) is 44.5 Å². The molecule has 0 nitrogen and oxygen atoms in total. The second-order valence-electron chi connectivity index (χ2n) is 14.8. The van der Waals surface area contributed by atoms with Crippen LogP contribution in [0.2, 0.25) is 0 Å². The van der Waals surface area contributed by atoms with Crippen LogP contribution in [0.5, 0.6) is 0 Å². The molecule has 0 spiro atoms. The van der Waals surface area contributed by atoms with E-state index < -0.39 is 0 Å². The second-order valence-corrected chi connectivity index (χ2v) is 15.9. The van der Waals surface area contributed by atoms with Gasteiger partial charge < -0.3 is 0 Å². The Hall–Kier alpha value is -6.02. The zero-order chi connectivity index (χ0) is 34.6. The highest BCUT2D eigenvalue weighted by Gasteiger charge is 2.40. The zero-order valence-corrected chi connectivity index (χ0v) is 29.9. The first-order valence-corrected chi connectivity index (χ1v) is 19.0. The summed E-state index contributed by atoms with van der Waals surface area (Å²) in [5.41, 5.74) is 13.2. The second kappa shape index (κ2) is 11.0. The molecule has 0 fully saturated rings. The molecule has 0 aliphatic heterocycles. The van der Waals surface area contributed by atoms with Gasteiger partial charge in [-0.05, 0) is 107 Å². The summed E-state index contributed by atoms with van der Waals surface area (Å²) in [5, 5.41) is 10.4. The topological polar surface area (TPSA) is 0 Å². The van der Waals surface area contributed by atoms with Crippen LogP contribution in [0.4, 0.5) is 0 Å². The maximum absolute atomic E-state index is 2.49. The summed E-state index contributed by atoms with van der Waals surface area (Å²) in [5.74, 6) is 0. The number of rotatable bonds is 3. The van der Waals surface area contributed by atoms with Gasteiger partial charge in [-0.3, -0.25) is 0 Å². The van der Waals surface area contributed by atoms with Crippen molar-refractivity contribution >= 4 is 63.8 Å². The molecule has 0 saturated carbocycles. The van der Waals surface area contributed by atoms with Crippen LogP contribution in [-0.2, 0) is 5.41 Å². The fourth-order valence-electron chi connectivity index (χ4n) is 9.26. The number of hydrogen-bond donors (Lipinski definition) is 0. The van der Waals surface area contributed by atoms with E-state index in [1.807, 2.05) is 11.3 Å². The average Bonchev–Trinajstić information content (AvgIpc) is 3.68. The van der Waals surface area contributed by atoms with Crippen molar-refractivity contribution in [2.45, 2.75) is 19.3 Å². The summed E-state index contributed by atoms with van der Waals surface area (Å²) in [4.78, 5) is 0. The van der Waals surface area contributed by atoms with E-state index in [0.29, 0.717) is 0 Å². The van der Waals surface area contributed by atoms with E-state index in [4.69, 9.17) is 0 Å². The minimum atomic E-state index is -0.160. The number of fused-ring (bicyclic) bond motifs is 10. The molecule has 1 heterocycles. The molecule has 1 aromatic heterocycles. The van der Waals surface area contributed by atoms with E-state index >= 15 is 0 Å². The Kier molecular flexibility index (Phi) is 6.27. The van der Waals surface area contributed by atoms with Crippen LogP contribution in [0, 0.1) is 0 Å². The van der Waals surface area contributed by atoms with Gasteiger partial charge in [0.2, 0.25) is 0 Å². The molecule has 1 heteroatoms. The lowest BCUT2D eigenvalue weighted by Crippen LogP contribution is -2.16. The van der Waals surface area contributed by atoms with E-state index in [0.717, 1.165) is 0 Å². The third-order valence-corrected chi connectivity index (χ3v) is 12.8. The highest BCUT2D eigenvalue weighted by atomic mass is 32.1. The van der Waals surface area contributed by atoms with Crippen LogP contribution >= 0.6 is 11.3 Å². The maximum Gasteiger partial charge on any atom is 0.0437 e. The monoisotopic (exact) mass is 678 g/mol. The van der Waals surface area contributed by atoms with Crippen LogP contribution in [0.25, 0.3) is 97.0 Å². The van der Waals surface area contributed by atoms with Crippen molar-refractivity contribution in [2.75, 3.05) is 0 Å². The molecule has 0 saturated heterocycles. The summed E-state index contributed by atoms with van der Waals surface area (Å²) < 4.78 is 2.74. The largest absolute Gasteiger partial charge is 0.135 e. The Morgan fingerprint density at radius 1 is 0.385 bits per heavy atom. The molecule has 0 N–H and O–H groups in total. The molecule has 244 valence electrons. The zero-order valence-electron chi connectivity index (χ0n) is 29.1. The highest BCUT2D eigenvalue weighted by Crippen LogP contribution is 2.58. The molecule has 1 aliphatic carbocycles. The first kappa shape index (κ1) is 29.7. The van der Waals surface area contributed by atoms with Crippen molar-refractivity contribution in [3.63, 3.8) is 0 Å². The summed E-state index contributed by atoms with van der Waals surface area (Å²) in [6.07, 6.45) is 0. The lowest BCUT2D eigenvalue weighted by atomic mass is 9.78. The number of hydrogen-bond acceptors (Lipinski definition) is 1. The molecule has 10 aromatic rings. The summed E-state index contributed by atoms with van der Waals surface area (Å²) in [7, 11) is 0. The minimum Gasteiger partial charge on any atom is -0.135 e. The summed E-state index contributed by atoms with van der Waals surface area (Å²) in [6, 6.07) is 63.3. The quantitative estimate of drug-likeness (QED) is 0.163. The molecule has 0 unspecified atom stereocenters. The average molecular weight is 679 g/mol. The molecule has 0 radical (unpaired) electrons. The molecular weight excluding hydrogens is 645 g/mol. The lowest BCUT2D eigenvalue weighted by Gasteiger charge is -2.25. The predicted molar refractivity (Wildman–Crippen MR) is 226 cm³/mol. The first-order chi connectivity index (χ1) is 25.6. The first-order valence-electron chi connectivity index (χ1n) is 18.2. The Bertz CT molecular complexity index is 3010.